The Balaban J connectivity index is 1.74. The lowest BCUT2D eigenvalue weighted by Crippen LogP contribution is -2.28. The molecule has 4 rings (SSSR count). The highest BCUT2D eigenvalue weighted by Crippen LogP contribution is 2.39. The van der Waals surface area contributed by atoms with Crippen LogP contribution in [0, 0.1) is 22.7 Å². The number of halogens is 1. The van der Waals surface area contributed by atoms with Crippen LogP contribution < -0.4 is 4.90 Å². The number of aromatic nitrogens is 2. The van der Waals surface area contributed by atoms with Crippen molar-refractivity contribution in [2.45, 2.75) is 23.6 Å². The number of ether oxygens (including phenoxy) is 1. The SMILES string of the molecule is COC(=O)CN(C)c1nc(SCc2csc(-c3ccc(Cl)cc3)n2)c(C#N)c(-c2ccc(CCCO)cc2)c1C#N. The third kappa shape index (κ3) is 7.24. The molecule has 208 valence electrons. The second kappa shape index (κ2) is 14.1. The Bertz CT molecular complexity index is 1610. The van der Waals surface area contributed by atoms with Crippen molar-refractivity contribution in [1.82, 2.24) is 9.97 Å². The number of pyridine rings is 1. The van der Waals surface area contributed by atoms with Crippen LogP contribution in [0.3, 0.4) is 0 Å². The molecule has 0 radical (unpaired) electrons. The molecule has 0 saturated carbocycles. The number of nitrogens with zero attached hydrogens (tertiary/aromatic N) is 5. The first kappa shape index (κ1) is 30.0. The second-order valence-electron chi connectivity index (χ2n) is 8.99. The van der Waals surface area contributed by atoms with Crippen molar-refractivity contribution in [2.24, 2.45) is 0 Å². The summed E-state index contributed by atoms with van der Waals surface area (Å²) in [5.74, 6) is 0.236. The summed E-state index contributed by atoms with van der Waals surface area (Å²) in [5.41, 5.74) is 4.42. The molecular formula is C30H26ClN5O3S2. The molecule has 0 bridgehead atoms. The Morgan fingerprint density at radius 1 is 1.07 bits per heavy atom. The van der Waals surface area contributed by atoms with Crippen LogP contribution in [0.2, 0.25) is 5.02 Å². The maximum Gasteiger partial charge on any atom is 0.325 e. The lowest BCUT2D eigenvalue weighted by molar-refractivity contribution is -0.138. The molecule has 2 aromatic heterocycles. The summed E-state index contributed by atoms with van der Waals surface area (Å²) in [6, 6.07) is 19.5. The number of rotatable bonds is 11. The summed E-state index contributed by atoms with van der Waals surface area (Å²) in [7, 11) is 2.95. The number of nitriles is 2. The highest BCUT2D eigenvalue weighted by atomic mass is 35.5. The summed E-state index contributed by atoms with van der Waals surface area (Å²) in [5, 5.41) is 33.6. The predicted octanol–water partition coefficient (Wildman–Crippen LogP) is 6.10. The molecule has 1 N–H and O–H groups in total. The minimum absolute atomic E-state index is 0.0971. The third-order valence-electron chi connectivity index (χ3n) is 6.19. The van der Waals surface area contributed by atoms with E-state index < -0.39 is 5.97 Å². The summed E-state index contributed by atoms with van der Waals surface area (Å²) in [6.45, 7) is -0.0236. The standard InChI is InChI=1S/C30H26ClN5O3S2/c1-36(16-26(38)39-2)28-24(14-32)27(20-7-5-19(6-8-20)4-3-13-37)25(15-33)30(35-28)41-18-23-17-40-29(34-23)21-9-11-22(31)12-10-21/h5-12,17,37H,3-4,13,16,18H2,1-2H3. The minimum atomic E-state index is -0.483. The number of carbonyl (C=O) groups excluding carboxylic acids is 1. The lowest BCUT2D eigenvalue weighted by atomic mass is 9.95. The fourth-order valence-corrected chi connectivity index (χ4v) is 6.06. The zero-order valence-electron chi connectivity index (χ0n) is 22.4. The summed E-state index contributed by atoms with van der Waals surface area (Å²) in [6.07, 6.45) is 1.35. The number of esters is 1. The van der Waals surface area contributed by atoms with Crippen molar-refractivity contribution in [3.05, 3.63) is 81.3 Å². The molecule has 0 aliphatic carbocycles. The molecule has 8 nitrogen and oxygen atoms in total. The molecule has 41 heavy (non-hydrogen) atoms. The fourth-order valence-electron chi connectivity index (χ4n) is 4.13. The minimum Gasteiger partial charge on any atom is -0.468 e. The summed E-state index contributed by atoms with van der Waals surface area (Å²) < 4.78 is 4.82. The molecule has 2 aromatic carbocycles. The van der Waals surface area contributed by atoms with Gasteiger partial charge in [-0.1, -0.05) is 59.8 Å². The smallest absolute Gasteiger partial charge is 0.325 e. The summed E-state index contributed by atoms with van der Waals surface area (Å²) in [4.78, 5) is 23.1. The van der Waals surface area contributed by atoms with Crippen LogP contribution in [0.1, 0.15) is 28.8 Å². The van der Waals surface area contributed by atoms with E-state index in [9.17, 15) is 15.3 Å². The van der Waals surface area contributed by atoms with Gasteiger partial charge >= 0.3 is 5.97 Å². The number of carbonyl (C=O) groups is 1. The molecule has 0 fully saturated rings. The van der Waals surface area contributed by atoms with Gasteiger partial charge < -0.3 is 14.7 Å². The molecule has 0 saturated heterocycles. The van der Waals surface area contributed by atoms with E-state index in [1.165, 1.54) is 30.2 Å². The quantitative estimate of drug-likeness (QED) is 0.160. The van der Waals surface area contributed by atoms with Gasteiger partial charge in [-0.3, -0.25) is 4.79 Å². The van der Waals surface area contributed by atoms with Gasteiger partial charge in [-0.05, 0) is 36.1 Å². The number of benzene rings is 2. The fraction of sp³-hybridized carbons (Fsp3) is 0.233. The zero-order valence-corrected chi connectivity index (χ0v) is 24.8. The largest absolute Gasteiger partial charge is 0.468 e. The maximum atomic E-state index is 12.1. The van der Waals surface area contributed by atoms with Gasteiger partial charge in [-0.2, -0.15) is 10.5 Å². The number of thiazole rings is 1. The number of aliphatic hydroxyl groups is 1. The lowest BCUT2D eigenvalue weighted by Gasteiger charge is -2.22. The van der Waals surface area contributed by atoms with Crippen LogP contribution in [-0.2, 0) is 21.7 Å². The highest BCUT2D eigenvalue weighted by Gasteiger charge is 2.25. The molecule has 0 spiro atoms. The van der Waals surface area contributed by atoms with Gasteiger partial charge in [0.1, 0.15) is 40.1 Å². The zero-order chi connectivity index (χ0) is 29.4. The van der Waals surface area contributed by atoms with E-state index in [0.29, 0.717) is 39.8 Å². The van der Waals surface area contributed by atoms with Gasteiger partial charge in [0.2, 0.25) is 0 Å². The molecule has 4 aromatic rings. The molecule has 11 heteroatoms. The summed E-state index contributed by atoms with van der Waals surface area (Å²) >= 11 is 8.87. The first-order chi connectivity index (χ1) is 19.9. The number of hydrogen-bond acceptors (Lipinski definition) is 10. The van der Waals surface area contributed by atoms with E-state index in [1.54, 1.807) is 11.9 Å². The molecule has 2 heterocycles. The van der Waals surface area contributed by atoms with E-state index in [0.717, 1.165) is 21.8 Å². The first-order valence-electron chi connectivity index (χ1n) is 12.6. The average molecular weight is 604 g/mol. The van der Waals surface area contributed by atoms with Crippen LogP contribution in [0.25, 0.3) is 21.7 Å². The van der Waals surface area contributed by atoms with E-state index in [4.69, 9.17) is 31.4 Å². The van der Waals surface area contributed by atoms with Gasteiger partial charge in [0.05, 0.1) is 18.4 Å². The molecule has 0 unspecified atom stereocenters. The maximum absolute atomic E-state index is 12.1. The monoisotopic (exact) mass is 603 g/mol. The van der Waals surface area contributed by atoms with E-state index in [1.807, 2.05) is 53.9 Å². The Hall–Kier alpha value is -3.93. The van der Waals surface area contributed by atoms with Crippen LogP contribution in [-0.4, -0.2) is 48.4 Å². The van der Waals surface area contributed by atoms with Gasteiger partial charge in [0.25, 0.3) is 0 Å². The topological polar surface area (TPSA) is 123 Å². The third-order valence-corrected chi connectivity index (χ3v) is 8.39. The number of thioether (sulfide) groups is 1. The molecule has 0 aliphatic heterocycles. The van der Waals surface area contributed by atoms with Crippen LogP contribution >= 0.6 is 34.7 Å². The number of hydrogen-bond donors (Lipinski definition) is 1. The Morgan fingerprint density at radius 2 is 1.76 bits per heavy atom. The first-order valence-corrected chi connectivity index (χ1v) is 14.8. The molecule has 0 atom stereocenters. The van der Waals surface area contributed by atoms with E-state index in [-0.39, 0.29) is 30.1 Å². The Kier molecular flexibility index (Phi) is 10.3. The van der Waals surface area contributed by atoms with Crippen molar-refractivity contribution in [3.8, 4) is 33.8 Å². The normalized spacial score (nSPS) is 10.6. The van der Waals surface area contributed by atoms with E-state index in [2.05, 4.69) is 12.1 Å². The number of aliphatic hydroxyl groups excluding tert-OH is 1. The van der Waals surface area contributed by atoms with Crippen LogP contribution in [0.15, 0.2) is 58.9 Å². The van der Waals surface area contributed by atoms with Crippen LogP contribution in [0.4, 0.5) is 5.82 Å². The predicted molar refractivity (Wildman–Crippen MR) is 162 cm³/mol. The average Bonchev–Trinajstić information content (AvgIpc) is 3.47. The van der Waals surface area contributed by atoms with Crippen molar-refractivity contribution < 1.29 is 14.6 Å². The van der Waals surface area contributed by atoms with Crippen molar-refractivity contribution in [2.75, 3.05) is 32.2 Å². The van der Waals surface area contributed by atoms with Gasteiger partial charge in [0, 0.05) is 40.9 Å². The number of anilines is 1. The molecule has 0 aliphatic rings. The Labute approximate surface area is 251 Å². The highest BCUT2D eigenvalue weighted by molar-refractivity contribution is 7.98. The Morgan fingerprint density at radius 3 is 2.39 bits per heavy atom. The molecule has 0 amide bonds. The van der Waals surface area contributed by atoms with Crippen LogP contribution in [0.5, 0.6) is 0 Å². The van der Waals surface area contributed by atoms with E-state index >= 15 is 0 Å². The van der Waals surface area contributed by atoms with Crippen molar-refractivity contribution in [3.63, 3.8) is 0 Å². The van der Waals surface area contributed by atoms with Gasteiger partial charge in [-0.15, -0.1) is 11.3 Å². The van der Waals surface area contributed by atoms with Crippen molar-refractivity contribution in [1.29, 1.82) is 10.5 Å². The molecular weight excluding hydrogens is 578 g/mol. The number of likely N-dealkylation sites (N-methyl/N-ethyl adjacent to an activating group) is 1. The van der Waals surface area contributed by atoms with Gasteiger partial charge in [0.15, 0.2) is 0 Å². The second-order valence-corrected chi connectivity index (χ2v) is 11.2. The number of methoxy groups -OCH3 is 1. The number of aryl methyl sites for hydroxylation is 1. The van der Waals surface area contributed by atoms with Gasteiger partial charge in [-0.25, -0.2) is 9.97 Å². The van der Waals surface area contributed by atoms with Crippen molar-refractivity contribution >= 4 is 46.5 Å².